The molecule has 2 aromatic heterocycles. The molecule has 0 fully saturated rings. The molecule has 0 radical (unpaired) electrons. The molecule has 2 heterocycles. The van der Waals surface area contributed by atoms with Crippen LogP contribution < -0.4 is 15.4 Å². The molecule has 17 heteroatoms. The Labute approximate surface area is 284 Å². The van der Waals surface area contributed by atoms with E-state index in [9.17, 15) is 35.9 Å². The van der Waals surface area contributed by atoms with Crippen LogP contribution in [0, 0.1) is 6.92 Å². The van der Waals surface area contributed by atoms with Crippen molar-refractivity contribution in [3.8, 4) is 5.75 Å². The van der Waals surface area contributed by atoms with Gasteiger partial charge in [0.05, 0.1) is 12.7 Å². The number of ether oxygens (including phenoxy) is 1. The van der Waals surface area contributed by atoms with E-state index >= 15 is 0 Å². The Morgan fingerprint density at radius 2 is 1.88 bits per heavy atom. The summed E-state index contributed by atoms with van der Waals surface area (Å²) in [6, 6.07) is 5.23. The third-order valence-electron chi connectivity index (χ3n) is 6.72. The number of aryl methyl sites for hydroxylation is 2. The zero-order chi connectivity index (χ0) is 36.6. The summed E-state index contributed by atoms with van der Waals surface area (Å²) in [6.07, 6.45) is 1.82. The maximum atomic E-state index is 14.2. The number of rotatable bonds is 16. The Bertz CT molecular complexity index is 1600. The molecular weight excluding hydrogens is 676 g/mol. The van der Waals surface area contributed by atoms with Crippen molar-refractivity contribution in [1.82, 2.24) is 35.8 Å². The number of aromatic nitrogens is 5. The van der Waals surface area contributed by atoms with Crippen molar-refractivity contribution in [2.45, 2.75) is 85.4 Å². The lowest BCUT2D eigenvalue weighted by atomic mass is 10.0. The molecule has 2 N–H and O–H groups in total. The number of nitrogens with one attached hydrogen (secondary N) is 2. The van der Waals surface area contributed by atoms with Crippen LogP contribution in [0.4, 0.5) is 26.3 Å². The van der Waals surface area contributed by atoms with Crippen LogP contribution in [-0.2, 0) is 24.3 Å². The van der Waals surface area contributed by atoms with Crippen LogP contribution in [0.2, 0.25) is 0 Å². The molecule has 0 bridgehead atoms. The monoisotopic (exact) mass is 715 g/mol. The summed E-state index contributed by atoms with van der Waals surface area (Å²) in [5.74, 6) is -3.83. The van der Waals surface area contributed by atoms with E-state index in [-0.39, 0.29) is 36.5 Å². The lowest BCUT2D eigenvalue weighted by Crippen LogP contribution is -2.23. The third-order valence-corrected chi connectivity index (χ3v) is 7.62. The highest BCUT2D eigenvalue weighted by Crippen LogP contribution is 2.25. The summed E-state index contributed by atoms with van der Waals surface area (Å²) in [7, 11) is 0. The van der Waals surface area contributed by atoms with Gasteiger partial charge in [0.1, 0.15) is 21.9 Å². The minimum atomic E-state index is -4.80. The number of hydrogen-bond acceptors (Lipinski definition) is 8. The zero-order valence-corrected chi connectivity index (χ0v) is 28.5. The number of carbonyl (C=O) groups is 2. The number of allylic oxidation sites excluding steroid dienone is 4. The van der Waals surface area contributed by atoms with E-state index in [4.69, 9.17) is 0 Å². The second kappa shape index (κ2) is 19.5. The molecule has 3 aromatic rings. The molecule has 10 nitrogen and oxygen atoms in total. The number of benzene rings is 1. The van der Waals surface area contributed by atoms with Crippen LogP contribution in [0.3, 0.4) is 0 Å². The summed E-state index contributed by atoms with van der Waals surface area (Å²) >= 11 is 1.41. The molecule has 0 saturated heterocycles. The number of halogens is 6. The maximum Gasteiger partial charge on any atom is 0.573 e. The van der Waals surface area contributed by atoms with Gasteiger partial charge in [0, 0.05) is 32.0 Å². The minimum absolute atomic E-state index is 0.0324. The zero-order valence-electron chi connectivity index (χ0n) is 27.7. The Morgan fingerprint density at radius 1 is 1.14 bits per heavy atom. The van der Waals surface area contributed by atoms with Gasteiger partial charge in [-0.3, -0.25) is 9.59 Å². The average molecular weight is 716 g/mol. The predicted octanol–water partition coefficient (Wildman–Crippen LogP) is 6.85. The van der Waals surface area contributed by atoms with Gasteiger partial charge in [-0.25, -0.2) is 17.9 Å². The van der Waals surface area contributed by atoms with Crippen molar-refractivity contribution < 1.29 is 40.7 Å². The first kappa shape index (κ1) is 40.6. The highest BCUT2D eigenvalue weighted by atomic mass is 32.1. The number of carbonyl (C=O) groups excluding carboxylic acids is 2. The number of nitrogens with zero attached hydrogens (tertiary/aromatic N) is 5. The van der Waals surface area contributed by atoms with Crippen LogP contribution in [0.1, 0.15) is 66.6 Å². The molecule has 2 amide bonds. The first-order valence-electron chi connectivity index (χ1n) is 15.1. The number of hydrogen-bond donors (Lipinski definition) is 2. The first-order valence-corrected chi connectivity index (χ1v) is 15.9. The maximum absolute atomic E-state index is 14.2. The average Bonchev–Trinajstić information content (AvgIpc) is 3.68. The quantitative estimate of drug-likeness (QED) is 0.0945. The predicted molar refractivity (Wildman–Crippen MR) is 173 cm³/mol. The molecule has 0 aliphatic carbocycles. The van der Waals surface area contributed by atoms with Crippen molar-refractivity contribution in [2.75, 3.05) is 6.54 Å². The topological polar surface area (TPSA) is 124 Å². The van der Waals surface area contributed by atoms with E-state index in [1.165, 1.54) is 46.5 Å². The second-order valence-corrected chi connectivity index (χ2v) is 11.9. The van der Waals surface area contributed by atoms with Crippen molar-refractivity contribution >= 4 is 23.7 Å². The van der Waals surface area contributed by atoms with E-state index in [0.29, 0.717) is 24.9 Å². The fraction of sp³-hybridized carbons (Fsp3) is 0.438. The molecule has 0 aliphatic rings. The first-order chi connectivity index (χ1) is 23.0. The molecule has 0 aliphatic heterocycles. The smallest absolute Gasteiger partial charge is 0.406 e. The van der Waals surface area contributed by atoms with Gasteiger partial charge in [0.25, 0.3) is 11.8 Å². The van der Waals surface area contributed by atoms with E-state index in [2.05, 4.69) is 35.9 Å². The highest BCUT2D eigenvalue weighted by molar-refractivity contribution is 7.11. The molecule has 0 spiro atoms. The van der Waals surface area contributed by atoms with Crippen LogP contribution in [0.25, 0.3) is 0 Å². The Balaban J connectivity index is 0.000000397. The highest BCUT2D eigenvalue weighted by Gasteiger charge is 2.31. The van der Waals surface area contributed by atoms with Crippen molar-refractivity contribution in [1.29, 1.82) is 0 Å². The molecule has 1 atom stereocenters. The lowest BCUT2D eigenvalue weighted by Gasteiger charge is -2.12. The van der Waals surface area contributed by atoms with Gasteiger partial charge in [-0.05, 0) is 56.9 Å². The third kappa shape index (κ3) is 15.5. The summed E-state index contributed by atoms with van der Waals surface area (Å²) in [4.78, 5) is 22.5. The Hall–Kier alpha value is -4.54. The van der Waals surface area contributed by atoms with Gasteiger partial charge in [-0.1, -0.05) is 48.1 Å². The summed E-state index contributed by atoms with van der Waals surface area (Å²) in [5, 5.41) is 21.9. The van der Waals surface area contributed by atoms with Crippen molar-refractivity contribution in [3.63, 3.8) is 0 Å². The lowest BCUT2D eigenvalue weighted by molar-refractivity contribution is -0.274. The molecular formula is C32H39F6N7O3S. The van der Waals surface area contributed by atoms with Crippen LogP contribution in [0.15, 0.2) is 65.4 Å². The molecule has 3 rings (SSSR count). The molecule has 268 valence electrons. The van der Waals surface area contributed by atoms with Crippen molar-refractivity contribution in [3.05, 3.63) is 86.7 Å². The fourth-order valence-electron chi connectivity index (χ4n) is 4.05. The summed E-state index contributed by atoms with van der Waals surface area (Å²) in [6.45, 7) is 8.40. The standard InChI is InChI=1S/C18H18F4N6O2S.C14H21F2NO/c1-11-24-26-16(31-11)6-5-13(19)9-28-10-15(25-27-28)17(29)23-8-12-3-2-4-14(7-12)30-18(20,21)22;1-5-11(3)12(9-17-10-18)7-8-13(6-2)14(4,15)16/h2-4,7,10,13H,5-6,8-9H2,1H3,(H,23,29);6-8,10H,5,9H2,1-4H3,(H,17,18)/b;8-7-,12-11-,13-6+. The van der Waals surface area contributed by atoms with Crippen LogP contribution in [-0.4, -0.2) is 62.5 Å². The van der Waals surface area contributed by atoms with Crippen LogP contribution >= 0.6 is 11.3 Å². The number of alkyl halides is 6. The molecule has 0 saturated carbocycles. The van der Waals surface area contributed by atoms with E-state index in [1.54, 1.807) is 13.0 Å². The molecule has 49 heavy (non-hydrogen) atoms. The number of amides is 2. The van der Waals surface area contributed by atoms with Gasteiger partial charge >= 0.3 is 6.36 Å². The van der Waals surface area contributed by atoms with Gasteiger partial charge < -0.3 is 15.4 Å². The van der Waals surface area contributed by atoms with Gasteiger partial charge in [-0.15, -0.1) is 39.8 Å². The molecule has 1 aromatic carbocycles. The minimum Gasteiger partial charge on any atom is -0.406 e. The fourth-order valence-corrected chi connectivity index (χ4v) is 4.77. The van der Waals surface area contributed by atoms with E-state index in [1.807, 2.05) is 20.8 Å². The van der Waals surface area contributed by atoms with Crippen molar-refractivity contribution in [2.24, 2.45) is 0 Å². The van der Waals surface area contributed by atoms with E-state index in [0.717, 1.165) is 46.6 Å². The summed E-state index contributed by atoms with van der Waals surface area (Å²) < 4.78 is 82.5. The normalized spacial score (nSPS) is 13.3. The second-order valence-electron chi connectivity index (χ2n) is 10.7. The van der Waals surface area contributed by atoms with Gasteiger partial charge in [0.15, 0.2) is 5.69 Å². The largest absolute Gasteiger partial charge is 0.573 e. The molecule has 1 unspecified atom stereocenters. The van der Waals surface area contributed by atoms with Crippen LogP contribution in [0.5, 0.6) is 5.75 Å². The van der Waals surface area contributed by atoms with Gasteiger partial charge in [-0.2, -0.15) is 0 Å². The SMILES string of the molecule is C\C=C(/C=C\C(CNC=O)=C(/C)CC)C(C)(F)F.Cc1nnc(CCC(F)Cn2cc(C(=O)NCc3cccc(OC(F)(F)F)c3)nn2)s1. The Morgan fingerprint density at radius 3 is 2.47 bits per heavy atom. The van der Waals surface area contributed by atoms with Gasteiger partial charge in [0.2, 0.25) is 6.41 Å². The summed E-state index contributed by atoms with van der Waals surface area (Å²) in [5.41, 5.74) is 2.26. The Kier molecular flexibility index (Phi) is 16.1. The van der Waals surface area contributed by atoms with E-state index < -0.39 is 24.4 Å².